The first-order valence-corrected chi connectivity index (χ1v) is 12.3. The Balaban J connectivity index is 1.23. The van der Waals surface area contributed by atoms with Crippen molar-refractivity contribution in [3.8, 4) is 0 Å². The number of fused-ring (bicyclic) bond motifs is 2. The molecule has 8 nitrogen and oxygen atoms in total. The van der Waals surface area contributed by atoms with E-state index in [-0.39, 0.29) is 5.54 Å². The number of hydrogen-bond acceptors (Lipinski definition) is 7. The monoisotopic (exact) mass is 468 g/mol. The largest absolute Gasteiger partial charge is 0.338 e. The molecule has 1 aliphatic heterocycles. The van der Waals surface area contributed by atoms with Crippen LogP contribution in [0.25, 0.3) is 11.0 Å². The summed E-state index contributed by atoms with van der Waals surface area (Å²) >= 11 is 0. The average Bonchev–Trinajstić information content (AvgIpc) is 3.48. The van der Waals surface area contributed by atoms with Crippen LogP contribution in [0.5, 0.6) is 0 Å². The molecule has 0 amide bonds. The number of rotatable bonds is 6. The van der Waals surface area contributed by atoms with Crippen LogP contribution in [-0.4, -0.2) is 43.3 Å². The molecule has 3 heterocycles. The lowest BCUT2D eigenvalue weighted by molar-refractivity contribution is 0.232. The summed E-state index contributed by atoms with van der Waals surface area (Å²) < 4.78 is 1.80. The summed E-state index contributed by atoms with van der Waals surface area (Å²) in [5, 5.41) is 12.4. The van der Waals surface area contributed by atoms with Crippen molar-refractivity contribution >= 4 is 34.2 Å². The third-order valence-corrected chi connectivity index (χ3v) is 7.29. The summed E-state index contributed by atoms with van der Waals surface area (Å²) in [4.78, 5) is 11.9. The van der Waals surface area contributed by atoms with E-state index in [0.29, 0.717) is 5.95 Å². The van der Waals surface area contributed by atoms with Crippen LogP contribution in [0.15, 0.2) is 42.6 Å². The third kappa shape index (κ3) is 4.35. The molecule has 180 valence electrons. The minimum atomic E-state index is 0.0470. The molecule has 1 saturated carbocycles. The second-order valence-corrected chi connectivity index (χ2v) is 10.2. The van der Waals surface area contributed by atoms with Crippen LogP contribution in [0.4, 0.5) is 23.1 Å². The zero-order valence-corrected chi connectivity index (χ0v) is 20.6. The molecule has 1 aliphatic carbocycles. The van der Waals surface area contributed by atoms with Crippen molar-refractivity contribution in [2.75, 3.05) is 23.7 Å². The van der Waals surface area contributed by atoms with Gasteiger partial charge in [-0.15, -0.1) is 0 Å². The number of nitrogens with two attached hydrogens (primary N) is 1. The second kappa shape index (κ2) is 8.32. The number of nitrogens with one attached hydrogen (secondary N) is 2. The van der Waals surface area contributed by atoms with E-state index in [1.807, 2.05) is 13.2 Å². The molecule has 0 saturated heterocycles. The van der Waals surface area contributed by atoms with Crippen molar-refractivity contribution in [2.24, 2.45) is 12.8 Å². The first-order valence-electron chi connectivity index (χ1n) is 12.3. The van der Waals surface area contributed by atoms with Gasteiger partial charge in [-0.05, 0) is 67.5 Å². The predicted octanol–water partition coefficient (Wildman–Crippen LogP) is 4.32. The van der Waals surface area contributed by atoms with Gasteiger partial charge >= 0.3 is 0 Å². The lowest BCUT2D eigenvalue weighted by Gasteiger charge is -2.31. The van der Waals surface area contributed by atoms with Gasteiger partial charge in [0.15, 0.2) is 11.5 Å². The van der Waals surface area contributed by atoms with Crippen LogP contribution in [0.2, 0.25) is 0 Å². The van der Waals surface area contributed by atoms with E-state index in [0.717, 1.165) is 67.1 Å². The third-order valence-electron chi connectivity index (χ3n) is 7.29. The number of anilines is 4. The van der Waals surface area contributed by atoms with E-state index in [2.05, 4.69) is 75.9 Å². The number of para-hydroxylation sites is 1. The fourth-order valence-electron chi connectivity index (χ4n) is 5.04. The van der Waals surface area contributed by atoms with Gasteiger partial charge in [-0.3, -0.25) is 4.90 Å². The van der Waals surface area contributed by atoms with E-state index >= 15 is 0 Å². The Morgan fingerprint density at radius 2 is 1.86 bits per heavy atom. The topological polar surface area (TPSA) is 96.9 Å². The minimum Gasteiger partial charge on any atom is -0.338 e. The Bertz CT molecular complexity index is 1400. The van der Waals surface area contributed by atoms with Gasteiger partial charge in [-0.1, -0.05) is 24.3 Å². The van der Waals surface area contributed by atoms with Gasteiger partial charge in [0.2, 0.25) is 5.95 Å². The first-order chi connectivity index (χ1) is 16.9. The quantitative estimate of drug-likeness (QED) is 0.388. The fraction of sp³-hybridized carbons (Fsp3) is 0.370. The van der Waals surface area contributed by atoms with E-state index in [9.17, 15) is 0 Å². The van der Waals surface area contributed by atoms with Crippen molar-refractivity contribution in [2.45, 2.75) is 45.2 Å². The van der Waals surface area contributed by atoms with E-state index < -0.39 is 0 Å². The Morgan fingerprint density at radius 1 is 1.06 bits per heavy atom. The zero-order valence-electron chi connectivity index (χ0n) is 20.6. The van der Waals surface area contributed by atoms with Crippen LogP contribution < -0.4 is 16.4 Å². The lowest BCUT2D eigenvalue weighted by Crippen LogP contribution is -2.41. The zero-order chi connectivity index (χ0) is 24.2. The SMILES string of the molecule is Cc1cccc(C)c1Nc1nn(C)c2nc(Nc3ccc4c(c3)CN(CC3(N)CC3)CC4)ncc12. The van der Waals surface area contributed by atoms with Gasteiger partial charge in [0.1, 0.15) is 0 Å². The molecular weight excluding hydrogens is 436 g/mol. The summed E-state index contributed by atoms with van der Waals surface area (Å²) in [6.07, 6.45) is 5.20. The molecule has 0 bridgehead atoms. The van der Waals surface area contributed by atoms with Crippen molar-refractivity contribution in [3.63, 3.8) is 0 Å². The van der Waals surface area contributed by atoms with Gasteiger partial charge in [-0.25, -0.2) is 9.67 Å². The molecule has 0 atom stereocenters. The highest BCUT2D eigenvalue weighted by molar-refractivity contribution is 5.90. The Kier molecular flexibility index (Phi) is 5.23. The Labute approximate surface area is 205 Å². The average molecular weight is 469 g/mol. The van der Waals surface area contributed by atoms with E-state index in [1.165, 1.54) is 22.3 Å². The smallest absolute Gasteiger partial charge is 0.229 e. The van der Waals surface area contributed by atoms with Crippen molar-refractivity contribution in [1.82, 2.24) is 24.6 Å². The molecule has 8 heteroatoms. The lowest BCUT2D eigenvalue weighted by atomic mass is 9.98. The highest BCUT2D eigenvalue weighted by atomic mass is 15.3. The molecule has 4 aromatic rings. The summed E-state index contributed by atoms with van der Waals surface area (Å²) in [6.45, 7) is 7.20. The normalized spacial score (nSPS) is 16.8. The van der Waals surface area contributed by atoms with E-state index in [4.69, 9.17) is 10.7 Å². The van der Waals surface area contributed by atoms with Crippen molar-refractivity contribution in [3.05, 3.63) is 64.8 Å². The maximum absolute atomic E-state index is 6.36. The standard InChI is InChI=1S/C27H32N8/c1-17-5-4-6-18(2)23(17)31-24-22-14-29-26(32-25(22)34(3)33-24)30-21-8-7-19-9-12-35(15-20(19)13-21)16-27(28)10-11-27/h4-8,13-14H,9-12,15-16,28H2,1-3H3,(H,31,33)(H,29,30,32). The molecule has 2 aliphatic rings. The van der Waals surface area contributed by atoms with Crippen LogP contribution in [-0.2, 0) is 20.0 Å². The molecule has 2 aromatic carbocycles. The Morgan fingerprint density at radius 3 is 2.63 bits per heavy atom. The first kappa shape index (κ1) is 22.0. The molecule has 1 fully saturated rings. The van der Waals surface area contributed by atoms with Gasteiger partial charge in [0, 0.05) is 49.8 Å². The predicted molar refractivity (Wildman–Crippen MR) is 140 cm³/mol. The molecule has 2 aromatic heterocycles. The summed E-state index contributed by atoms with van der Waals surface area (Å²) in [6, 6.07) is 12.8. The second-order valence-electron chi connectivity index (χ2n) is 10.2. The molecule has 0 unspecified atom stereocenters. The number of nitrogens with zero attached hydrogens (tertiary/aromatic N) is 5. The van der Waals surface area contributed by atoms with Gasteiger partial charge in [0.05, 0.1) is 5.39 Å². The molecule has 6 rings (SSSR count). The summed E-state index contributed by atoms with van der Waals surface area (Å²) in [5.41, 5.74) is 14.4. The molecule has 35 heavy (non-hydrogen) atoms. The highest BCUT2D eigenvalue weighted by Crippen LogP contribution is 2.35. The number of hydrogen-bond donors (Lipinski definition) is 3. The minimum absolute atomic E-state index is 0.0470. The van der Waals surface area contributed by atoms with Crippen LogP contribution in [0.1, 0.15) is 35.1 Å². The summed E-state index contributed by atoms with van der Waals surface area (Å²) in [5.74, 6) is 1.32. The van der Waals surface area contributed by atoms with Gasteiger partial charge in [0.25, 0.3) is 0 Å². The van der Waals surface area contributed by atoms with Crippen LogP contribution in [0, 0.1) is 13.8 Å². The number of aromatic nitrogens is 4. The van der Waals surface area contributed by atoms with Crippen molar-refractivity contribution in [1.29, 1.82) is 0 Å². The maximum atomic E-state index is 6.36. The molecule has 0 spiro atoms. The number of aryl methyl sites for hydroxylation is 3. The van der Waals surface area contributed by atoms with Crippen LogP contribution in [0.3, 0.4) is 0 Å². The molecule has 4 N–H and O–H groups in total. The summed E-state index contributed by atoms with van der Waals surface area (Å²) in [7, 11) is 1.91. The van der Waals surface area contributed by atoms with Crippen LogP contribution >= 0.6 is 0 Å². The molecule has 0 radical (unpaired) electrons. The van der Waals surface area contributed by atoms with Gasteiger partial charge in [-0.2, -0.15) is 10.1 Å². The van der Waals surface area contributed by atoms with Crippen molar-refractivity contribution < 1.29 is 0 Å². The van der Waals surface area contributed by atoms with E-state index in [1.54, 1.807) is 4.68 Å². The highest BCUT2D eigenvalue weighted by Gasteiger charge is 2.40. The fourth-order valence-corrected chi connectivity index (χ4v) is 5.04. The number of benzene rings is 2. The Hall–Kier alpha value is -3.49. The maximum Gasteiger partial charge on any atom is 0.229 e. The van der Waals surface area contributed by atoms with Gasteiger partial charge < -0.3 is 16.4 Å². The molecular formula is C27H32N8.